The van der Waals surface area contributed by atoms with Crippen LogP contribution in [0.25, 0.3) is 0 Å². The van der Waals surface area contributed by atoms with Crippen LogP contribution in [0.3, 0.4) is 0 Å². The number of hydrogen-bond acceptors (Lipinski definition) is 5. The number of carbonyl (C=O) groups excluding carboxylic acids is 1. The molecule has 1 fully saturated rings. The summed E-state index contributed by atoms with van der Waals surface area (Å²) in [6.45, 7) is 1.56. The van der Waals surface area contributed by atoms with E-state index in [1.807, 2.05) is 7.05 Å². The molecule has 1 N–H and O–H groups in total. The molecular formula is C13H18N2O3. The van der Waals surface area contributed by atoms with Crippen LogP contribution in [0.15, 0.2) is 18.3 Å². The number of ketones is 1. The van der Waals surface area contributed by atoms with E-state index in [1.54, 1.807) is 18.3 Å². The molecular weight excluding hydrogens is 232 g/mol. The fourth-order valence-corrected chi connectivity index (χ4v) is 1.78. The number of rotatable bonds is 6. The van der Waals surface area contributed by atoms with Gasteiger partial charge in [-0.25, -0.2) is 4.98 Å². The van der Waals surface area contributed by atoms with Crippen molar-refractivity contribution in [2.75, 3.05) is 13.7 Å². The van der Waals surface area contributed by atoms with E-state index in [0.29, 0.717) is 17.7 Å². The second-order valence-corrected chi connectivity index (χ2v) is 4.52. The number of nitrogens with one attached hydrogen (secondary N) is 1. The Morgan fingerprint density at radius 3 is 2.83 bits per heavy atom. The van der Waals surface area contributed by atoms with Crippen molar-refractivity contribution in [3.63, 3.8) is 0 Å². The van der Waals surface area contributed by atoms with Crippen LogP contribution in [0, 0.1) is 0 Å². The smallest absolute Gasteiger partial charge is 0.213 e. The summed E-state index contributed by atoms with van der Waals surface area (Å²) in [5.41, 5.74) is 0. The molecule has 0 unspecified atom stereocenters. The molecule has 0 saturated heterocycles. The molecule has 0 atom stereocenters. The number of aromatic nitrogens is 1. The predicted molar refractivity (Wildman–Crippen MR) is 66.9 cm³/mol. The summed E-state index contributed by atoms with van der Waals surface area (Å²) >= 11 is 0. The molecule has 0 radical (unpaired) electrons. The van der Waals surface area contributed by atoms with Gasteiger partial charge in [0.25, 0.3) is 0 Å². The second kappa shape index (κ2) is 5.82. The van der Waals surface area contributed by atoms with Gasteiger partial charge in [-0.2, -0.15) is 0 Å². The maximum Gasteiger partial charge on any atom is 0.213 e. The lowest BCUT2D eigenvalue weighted by molar-refractivity contribution is -0.118. The van der Waals surface area contributed by atoms with Crippen molar-refractivity contribution >= 4 is 5.78 Å². The molecule has 1 heterocycles. The molecule has 0 spiro atoms. The van der Waals surface area contributed by atoms with Crippen molar-refractivity contribution in [1.82, 2.24) is 10.3 Å². The summed E-state index contributed by atoms with van der Waals surface area (Å²) in [7, 11) is 1.96. The van der Waals surface area contributed by atoms with Gasteiger partial charge in [0, 0.05) is 12.1 Å². The number of nitrogens with zero attached hydrogens (tertiary/aromatic N) is 1. The average Bonchev–Trinajstić information content (AvgIpc) is 2.32. The summed E-state index contributed by atoms with van der Waals surface area (Å²) < 4.78 is 10.9. The van der Waals surface area contributed by atoms with Gasteiger partial charge in [0.05, 0.1) is 6.20 Å². The molecule has 18 heavy (non-hydrogen) atoms. The van der Waals surface area contributed by atoms with Gasteiger partial charge in [0.2, 0.25) is 5.88 Å². The molecule has 0 bridgehead atoms. The zero-order chi connectivity index (χ0) is 13.0. The fraction of sp³-hybridized carbons (Fsp3) is 0.538. The largest absolute Gasteiger partial charge is 0.484 e. The maximum absolute atomic E-state index is 10.8. The molecule has 2 rings (SSSR count). The van der Waals surface area contributed by atoms with E-state index in [4.69, 9.17) is 9.47 Å². The van der Waals surface area contributed by atoms with Crippen LogP contribution in [0.5, 0.6) is 11.6 Å². The Morgan fingerprint density at radius 1 is 1.50 bits per heavy atom. The molecule has 0 amide bonds. The maximum atomic E-state index is 10.8. The number of carbonyl (C=O) groups is 1. The summed E-state index contributed by atoms with van der Waals surface area (Å²) in [6, 6.07) is 4.09. The van der Waals surface area contributed by atoms with E-state index >= 15 is 0 Å². The number of ether oxygens (including phenoxy) is 2. The van der Waals surface area contributed by atoms with E-state index in [2.05, 4.69) is 10.3 Å². The Kier molecular flexibility index (Phi) is 4.15. The third kappa shape index (κ3) is 3.43. The summed E-state index contributed by atoms with van der Waals surface area (Å²) in [5.74, 6) is 1.17. The summed E-state index contributed by atoms with van der Waals surface area (Å²) in [6.07, 6.45) is 3.85. The van der Waals surface area contributed by atoms with Crippen LogP contribution in [0.2, 0.25) is 0 Å². The van der Waals surface area contributed by atoms with Gasteiger partial charge in [0.15, 0.2) is 5.78 Å². The number of hydrogen-bond donors (Lipinski definition) is 1. The van der Waals surface area contributed by atoms with Gasteiger partial charge in [0.1, 0.15) is 18.5 Å². The quantitative estimate of drug-likeness (QED) is 0.821. The lowest BCUT2D eigenvalue weighted by Gasteiger charge is -2.34. The van der Waals surface area contributed by atoms with Gasteiger partial charge < -0.3 is 14.8 Å². The zero-order valence-electron chi connectivity index (χ0n) is 10.7. The van der Waals surface area contributed by atoms with Crippen LogP contribution in [0.4, 0.5) is 0 Å². The van der Waals surface area contributed by atoms with Crippen molar-refractivity contribution in [2.24, 2.45) is 0 Å². The highest BCUT2D eigenvalue weighted by Gasteiger charge is 2.29. The van der Waals surface area contributed by atoms with E-state index in [9.17, 15) is 4.79 Å². The molecule has 5 heteroatoms. The van der Waals surface area contributed by atoms with Crippen LogP contribution >= 0.6 is 0 Å². The van der Waals surface area contributed by atoms with Crippen LogP contribution in [0.1, 0.15) is 19.8 Å². The first kappa shape index (κ1) is 12.8. The Bertz CT molecular complexity index is 399. The van der Waals surface area contributed by atoms with Gasteiger partial charge in [-0.15, -0.1) is 0 Å². The summed E-state index contributed by atoms with van der Waals surface area (Å²) in [4.78, 5) is 14.9. The van der Waals surface area contributed by atoms with Crippen LogP contribution in [-0.4, -0.2) is 36.6 Å². The van der Waals surface area contributed by atoms with Crippen molar-refractivity contribution < 1.29 is 14.3 Å². The van der Waals surface area contributed by atoms with Gasteiger partial charge >= 0.3 is 0 Å². The van der Waals surface area contributed by atoms with Crippen molar-refractivity contribution in [2.45, 2.75) is 31.9 Å². The monoisotopic (exact) mass is 250 g/mol. The topological polar surface area (TPSA) is 60.5 Å². The highest BCUT2D eigenvalue weighted by Crippen LogP contribution is 2.25. The third-order valence-corrected chi connectivity index (χ3v) is 2.94. The molecule has 0 aromatic carbocycles. The van der Waals surface area contributed by atoms with E-state index in [-0.39, 0.29) is 18.5 Å². The molecule has 98 valence electrons. The zero-order valence-corrected chi connectivity index (χ0v) is 10.7. The Morgan fingerprint density at radius 2 is 2.28 bits per heavy atom. The first-order valence-corrected chi connectivity index (χ1v) is 6.09. The van der Waals surface area contributed by atoms with Gasteiger partial charge in [-0.3, -0.25) is 4.79 Å². The van der Waals surface area contributed by atoms with Gasteiger partial charge in [-0.1, -0.05) is 0 Å². The number of Topliss-reactive ketones (excluding diaryl/α,β-unsaturated/α-hetero) is 1. The van der Waals surface area contributed by atoms with E-state index in [0.717, 1.165) is 12.8 Å². The molecule has 1 aromatic rings. The highest BCUT2D eigenvalue weighted by molar-refractivity contribution is 5.77. The van der Waals surface area contributed by atoms with Crippen LogP contribution < -0.4 is 14.8 Å². The van der Waals surface area contributed by atoms with Crippen LogP contribution in [-0.2, 0) is 4.79 Å². The molecule has 0 aliphatic heterocycles. The first-order valence-electron chi connectivity index (χ1n) is 6.09. The average molecular weight is 250 g/mol. The highest BCUT2D eigenvalue weighted by atomic mass is 16.5. The minimum absolute atomic E-state index is 0.0112. The van der Waals surface area contributed by atoms with Crippen molar-refractivity contribution in [1.29, 1.82) is 0 Å². The third-order valence-electron chi connectivity index (χ3n) is 2.94. The van der Waals surface area contributed by atoms with E-state index < -0.39 is 0 Å². The first-order chi connectivity index (χ1) is 8.67. The minimum atomic E-state index is -0.0112. The lowest BCUT2D eigenvalue weighted by Crippen LogP contribution is -2.45. The van der Waals surface area contributed by atoms with Gasteiger partial charge in [-0.05, 0) is 32.9 Å². The van der Waals surface area contributed by atoms with Crippen molar-refractivity contribution in [3.05, 3.63) is 18.3 Å². The standard InChI is InChI=1S/C13H18N2O3/c1-9(16)8-17-11-3-4-13(15-7-11)18-12-5-10(6-12)14-2/h3-4,7,10,12,14H,5-6,8H2,1-2H3/t10-,12+. The molecule has 1 aliphatic rings. The lowest BCUT2D eigenvalue weighted by atomic mass is 9.89. The molecule has 5 nitrogen and oxygen atoms in total. The minimum Gasteiger partial charge on any atom is -0.484 e. The van der Waals surface area contributed by atoms with Crippen molar-refractivity contribution in [3.8, 4) is 11.6 Å². The normalized spacial score (nSPS) is 22.1. The molecule has 1 aromatic heterocycles. The predicted octanol–water partition coefficient (Wildman–Crippen LogP) is 1.18. The molecule has 1 saturated carbocycles. The Balaban J connectivity index is 1.79. The second-order valence-electron chi connectivity index (χ2n) is 4.52. The Hall–Kier alpha value is -1.62. The summed E-state index contributed by atoms with van der Waals surface area (Å²) in [5, 5.41) is 3.20. The Labute approximate surface area is 107 Å². The molecule has 1 aliphatic carbocycles. The fourth-order valence-electron chi connectivity index (χ4n) is 1.78. The SMILES string of the molecule is CN[C@H]1C[C@@H](Oc2ccc(OCC(C)=O)cn2)C1. The number of pyridine rings is 1. The van der Waals surface area contributed by atoms with E-state index in [1.165, 1.54) is 6.92 Å².